The van der Waals surface area contributed by atoms with Crippen molar-refractivity contribution in [2.75, 3.05) is 32.0 Å². The minimum absolute atomic E-state index is 0.0122. The van der Waals surface area contributed by atoms with Crippen molar-refractivity contribution in [3.05, 3.63) is 65.2 Å². The van der Waals surface area contributed by atoms with Crippen molar-refractivity contribution in [1.29, 1.82) is 0 Å². The Kier molecular flexibility index (Phi) is 7.65. The zero-order valence-corrected chi connectivity index (χ0v) is 22.0. The molecular formula is C26H30ClN3O5S. The second-order valence-electron chi connectivity index (χ2n) is 8.77. The third kappa shape index (κ3) is 5.24. The normalized spacial score (nSPS) is 17.6. The van der Waals surface area contributed by atoms with Crippen molar-refractivity contribution in [3.8, 4) is 28.4 Å². The summed E-state index contributed by atoms with van der Waals surface area (Å²) in [5.74, 6) is 1.05. The molecule has 3 aromatic carbocycles. The Morgan fingerprint density at radius 2 is 1.83 bits per heavy atom. The molecule has 0 radical (unpaired) electrons. The number of hydrogen-bond donors (Lipinski definition) is 3. The maximum absolute atomic E-state index is 13.9. The summed E-state index contributed by atoms with van der Waals surface area (Å²) in [6.45, 7) is 3.41. The van der Waals surface area contributed by atoms with Gasteiger partial charge in [-0.25, -0.2) is 8.42 Å². The van der Waals surface area contributed by atoms with Crippen LogP contribution in [0, 0.1) is 0 Å². The predicted octanol–water partition coefficient (Wildman–Crippen LogP) is 4.41. The van der Waals surface area contributed by atoms with E-state index < -0.39 is 15.6 Å². The van der Waals surface area contributed by atoms with Gasteiger partial charge >= 0.3 is 0 Å². The molecule has 1 aliphatic rings. The van der Waals surface area contributed by atoms with E-state index in [-0.39, 0.29) is 17.2 Å². The van der Waals surface area contributed by atoms with E-state index in [0.29, 0.717) is 45.4 Å². The summed E-state index contributed by atoms with van der Waals surface area (Å²) < 4.78 is 47.7. The minimum Gasteiger partial charge on any atom is -0.493 e. The van der Waals surface area contributed by atoms with Crippen LogP contribution in [-0.4, -0.2) is 41.3 Å². The molecule has 0 amide bonds. The average Bonchev–Trinajstić information content (AvgIpc) is 3.30. The summed E-state index contributed by atoms with van der Waals surface area (Å²) in [5, 5.41) is 3.66. The Hall–Kier alpha value is -2.98. The van der Waals surface area contributed by atoms with E-state index in [0.717, 1.165) is 13.0 Å². The molecule has 10 heteroatoms. The molecule has 1 heterocycles. The van der Waals surface area contributed by atoms with Crippen LogP contribution in [0.3, 0.4) is 0 Å². The van der Waals surface area contributed by atoms with Gasteiger partial charge in [-0.2, -0.15) is 0 Å². The Morgan fingerprint density at radius 3 is 2.44 bits per heavy atom. The molecule has 3 aromatic rings. The number of halogens is 1. The molecule has 0 unspecified atom stereocenters. The Labute approximate surface area is 216 Å². The summed E-state index contributed by atoms with van der Waals surface area (Å²) in [4.78, 5) is 0.0122. The lowest BCUT2D eigenvalue weighted by Gasteiger charge is -2.26. The zero-order chi connectivity index (χ0) is 25.9. The molecule has 0 spiro atoms. The van der Waals surface area contributed by atoms with Gasteiger partial charge in [0.2, 0.25) is 0 Å². The van der Waals surface area contributed by atoms with Crippen molar-refractivity contribution in [1.82, 2.24) is 5.32 Å². The molecule has 4 rings (SSSR count). The van der Waals surface area contributed by atoms with Crippen LogP contribution in [0.5, 0.6) is 17.2 Å². The number of methoxy groups -OCH3 is 2. The Balaban J connectivity index is 1.81. The molecule has 0 aromatic heterocycles. The number of sulfonamides is 1. The summed E-state index contributed by atoms with van der Waals surface area (Å²) in [7, 11) is -1.20. The van der Waals surface area contributed by atoms with Gasteiger partial charge in [0.15, 0.2) is 11.5 Å². The first kappa shape index (κ1) is 26.1. The van der Waals surface area contributed by atoms with Gasteiger partial charge in [-0.3, -0.25) is 4.72 Å². The van der Waals surface area contributed by atoms with Crippen molar-refractivity contribution in [2.45, 2.75) is 30.4 Å². The van der Waals surface area contributed by atoms with Gasteiger partial charge in [0, 0.05) is 36.7 Å². The summed E-state index contributed by atoms with van der Waals surface area (Å²) in [6.07, 6.45) is 0.811. The van der Waals surface area contributed by atoms with Crippen molar-refractivity contribution in [2.24, 2.45) is 5.73 Å². The number of nitrogens with two attached hydrogens (primary N) is 1. The monoisotopic (exact) mass is 531 g/mol. The van der Waals surface area contributed by atoms with Crippen molar-refractivity contribution >= 4 is 27.3 Å². The van der Waals surface area contributed by atoms with Crippen LogP contribution >= 0.6 is 11.6 Å². The smallest absolute Gasteiger partial charge is 0.262 e. The molecule has 0 bridgehead atoms. The fourth-order valence-corrected chi connectivity index (χ4v) is 6.04. The number of anilines is 1. The molecule has 1 atom stereocenters. The highest BCUT2D eigenvalue weighted by Crippen LogP contribution is 2.43. The first-order valence-electron chi connectivity index (χ1n) is 11.5. The van der Waals surface area contributed by atoms with E-state index in [4.69, 9.17) is 31.5 Å². The van der Waals surface area contributed by atoms with Crippen LogP contribution in [0.1, 0.15) is 18.9 Å². The van der Waals surface area contributed by atoms with Crippen LogP contribution in [0.2, 0.25) is 5.02 Å². The van der Waals surface area contributed by atoms with E-state index in [1.54, 1.807) is 24.3 Å². The molecule has 1 saturated heterocycles. The van der Waals surface area contributed by atoms with E-state index in [1.165, 1.54) is 14.2 Å². The highest BCUT2D eigenvalue weighted by atomic mass is 35.5. The standard InChI is InChI=1S/C26H30ClN3O5S/c1-26(11-12-29-16-26)35-22-13-18(9-10-21(22)27)30-36(31,32)25-19(17-7-5-4-6-8-17)14-23(33-2)24(34-3)20(25)15-28/h4-10,13-14,29-30H,11-12,15-16,28H2,1-3H3/t26-/m1/s1. The Bertz CT molecular complexity index is 1340. The average molecular weight is 532 g/mol. The molecule has 4 N–H and O–H groups in total. The fourth-order valence-electron chi connectivity index (χ4n) is 4.37. The van der Waals surface area contributed by atoms with Gasteiger partial charge < -0.3 is 25.3 Å². The first-order valence-corrected chi connectivity index (χ1v) is 13.3. The molecule has 0 aliphatic carbocycles. The molecule has 192 valence electrons. The van der Waals surface area contributed by atoms with Crippen LogP contribution in [-0.2, 0) is 16.6 Å². The summed E-state index contributed by atoms with van der Waals surface area (Å²) in [5.41, 5.74) is 7.37. The van der Waals surface area contributed by atoms with Crippen LogP contribution in [0.15, 0.2) is 59.5 Å². The van der Waals surface area contributed by atoms with Gasteiger partial charge in [0.1, 0.15) is 16.2 Å². The molecule has 36 heavy (non-hydrogen) atoms. The van der Waals surface area contributed by atoms with Crippen LogP contribution in [0.25, 0.3) is 11.1 Å². The van der Waals surface area contributed by atoms with Crippen LogP contribution < -0.4 is 30.0 Å². The summed E-state index contributed by atoms with van der Waals surface area (Å²) >= 11 is 6.38. The number of ether oxygens (including phenoxy) is 3. The number of benzene rings is 3. The highest BCUT2D eigenvalue weighted by molar-refractivity contribution is 7.93. The van der Waals surface area contributed by atoms with Gasteiger partial charge in [-0.15, -0.1) is 0 Å². The van der Waals surface area contributed by atoms with E-state index in [1.807, 2.05) is 37.3 Å². The second-order valence-corrected chi connectivity index (χ2v) is 10.8. The van der Waals surface area contributed by atoms with Gasteiger partial charge in [0.25, 0.3) is 10.0 Å². The maximum atomic E-state index is 13.9. The van der Waals surface area contributed by atoms with Crippen molar-refractivity contribution < 1.29 is 22.6 Å². The molecule has 8 nitrogen and oxygen atoms in total. The second kappa shape index (κ2) is 10.6. The summed E-state index contributed by atoms with van der Waals surface area (Å²) in [6, 6.07) is 15.6. The third-order valence-corrected chi connectivity index (χ3v) is 7.96. The zero-order valence-electron chi connectivity index (χ0n) is 20.4. The SMILES string of the molecule is COc1cc(-c2ccccc2)c(S(=O)(=O)Nc2ccc(Cl)c(O[C@]3(C)CCNC3)c2)c(CN)c1OC. The predicted molar refractivity (Wildman–Crippen MR) is 142 cm³/mol. The maximum Gasteiger partial charge on any atom is 0.262 e. The van der Waals surface area contributed by atoms with Gasteiger partial charge in [0.05, 0.1) is 24.9 Å². The first-order chi connectivity index (χ1) is 17.2. The fraction of sp³-hybridized carbons (Fsp3) is 0.308. The lowest BCUT2D eigenvalue weighted by molar-refractivity contribution is 0.111. The van der Waals surface area contributed by atoms with Gasteiger partial charge in [-0.1, -0.05) is 41.9 Å². The minimum atomic E-state index is -4.14. The van der Waals surface area contributed by atoms with Crippen LogP contribution in [0.4, 0.5) is 5.69 Å². The van der Waals surface area contributed by atoms with E-state index in [9.17, 15) is 8.42 Å². The van der Waals surface area contributed by atoms with E-state index in [2.05, 4.69) is 10.0 Å². The number of rotatable bonds is 9. The van der Waals surface area contributed by atoms with E-state index >= 15 is 0 Å². The van der Waals surface area contributed by atoms with Gasteiger partial charge in [-0.05, 0) is 37.2 Å². The molecule has 1 aliphatic heterocycles. The molecule has 0 saturated carbocycles. The third-order valence-electron chi connectivity index (χ3n) is 6.14. The largest absolute Gasteiger partial charge is 0.493 e. The Morgan fingerprint density at radius 1 is 1.08 bits per heavy atom. The lowest BCUT2D eigenvalue weighted by atomic mass is 10.0. The quantitative estimate of drug-likeness (QED) is 0.375. The number of hydrogen-bond acceptors (Lipinski definition) is 7. The highest BCUT2D eigenvalue weighted by Gasteiger charge is 2.32. The molecular weight excluding hydrogens is 502 g/mol. The van der Waals surface area contributed by atoms with Crippen molar-refractivity contribution in [3.63, 3.8) is 0 Å². The molecule has 1 fully saturated rings. The topological polar surface area (TPSA) is 112 Å². The lowest BCUT2D eigenvalue weighted by Crippen LogP contribution is -2.34. The number of nitrogens with one attached hydrogen (secondary N) is 2.